The highest BCUT2D eigenvalue weighted by Gasteiger charge is 2.49. The molecule has 32 heavy (non-hydrogen) atoms. The largest absolute Gasteiger partial charge is 0.497 e. The van der Waals surface area contributed by atoms with Crippen LogP contribution < -0.4 is 10.1 Å². The standard InChI is InChI=1S/C24H32N6O2/c1-4-29-15-17(19-13-18(32-3)5-6-21(19)29)14-28-11-9-24(10-12-28)8-7-22(24)30-16-20(26-27-30)23(31)25-2/h5-6,13,15-16,22H,4,7-12,14H2,1-3H3,(H,25,31). The highest BCUT2D eigenvalue weighted by atomic mass is 16.5. The van der Waals surface area contributed by atoms with Crippen LogP contribution in [0.2, 0.25) is 0 Å². The lowest BCUT2D eigenvalue weighted by Crippen LogP contribution is -2.49. The summed E-state index contributed by atoms with van der Waals surface area (Å²) in [6.07, 6.45) is 8.76. The third kappa shape index (κ3) is 3.46. The van der Waals surface area contributed by atoms with E-state index in [0.717, 1.165) is 51.2 Å². The summed E-state index contributed by atoms with van der Waals surface area (Å²) < 4.78 is 9.74. The van der Waals surface area contributed by atoms with Crippen molar-refractivity contribution in [3.8, 4) is 5.75 Å². The van der Waals surface area contributed by atoms with Crippen molar-refractivity contribution in [1.82, 2.24) is 29.8 Å². The molecule has 2 aliphatic rings. The second-order valence-corrected chi connectivity index (χ2v) is 9.18. The van der Waals surface area contributed by atoms with E-state index in [-0.39, 0.29) is 11.3 Å². The Labute approximate surface area is 188 Å². The van der Waals surface area contributed by atoms with Gasteiger partial charge in [0.05, 0.1) is 19.3 Å². The molecular formula is C24H32N6O2. The van der Waals surface area contributed by atoms with Crippen molar-refractivity contribution in [3.05, 3.63) is 41.9 Å². The molecule has 1 saturated carbocycles. The number of aryl methyl sites for hydroxylation is 1. The van der Waals surface area contributed by atoms with E-state index in [9.17, 15) is 4.79 Å². The van der Waals surface area contributed by atoms with Crippen molar-refractivity contribution < 1.29 is 9.53 Å². The van der Waals surface area contributed by atoms with E-state index in [2.05, 4.69) is 50.3 Å². The molecule has 170 valence electrons. The number of carbonyl (C=O) groups excluding carboxylic acids is 1. The van der Waals surface area contributed by atoms with Crippen LogP contribution in [0, 0.1) is 5.41 Å². The molecule has 8 heteroatoms. The second kappa shape index (κ2) is 8.24. The number of likely N-dealkylation sites (tertiary alicyclic amines) is 1. The minimum atomic E-state index is -0.178. The van der Waals surface area contributed by atoms with Gasteiger partial charge in [0.1, 0.15) is 5.75 Å². The number of fused-ring (bicyclic) bond motifs is 1. The van der Waals surface area contributed by atoms with Crippen LogP contribution >= 0.6 is 0 Å². The number of methoxy groups -OCH3 is 1. The molecular weight excluding hydrogens is 404 g/mol. The molecule has 1 N–H and O–H groups in total. The van der Waals surface area contributed by atoms with Gasteiger partial charge >= 0.3 is 0 Å². The summed E-state index contributed by atoms with van der Waals surface area (Å²) in [4.78, 5) is 14.4. The number of rotatable bonds is 6. The number of aromatic nitrogens is 4. The number of hydrogen-bond acceptors (Lipinski definition) is 5. The van der Waals surface area contributed by atoms with Crippen molar-refractivity contribution in [2.24, 2.45) is 5.41 Å². The maximum absolute atomic E-state index is 11.9. The zero-order chi connectivity index (χ0) is 22.3. The van der Waals surface area contributed by atoms with Gasteiger partial charge < -0.3 is 14.6 Å². The zero-order valence-electron chi connectivity index (χ0n) is 19.2. The van der Waals surface area contributed by atoms with Gasteiger partial charge in [-0.2, -0.15) is 0 Å². The molecule has 1 spiro atoms. The number of ether oxygens (including phenoxy) is 1. The maximum Gasteiger partial charge on any atom is 0.273 e. The molecule has 1 aromatic carbocycles. The van der Waals surface area contributed by atoms with Crippen LogP contribution in [-0.4, -0.2) is 57.6 Å². The van der Waals surface area contributed by atoms with Crippen LogP contribution in [0.15, 0.2) is 30.6 Å². The first-order chi connectivity index (χ1) is 15.6. The predicted octanol–water partition coefficient (Wildman–Crippen LogP) is 3.24. The zero-order valence-corrected chi connectivity index (χ0v) is 19.2. The lowest BCUT2D eigenvalue weighted by molar-refractivity contribution is -0.0333. The number of piperidine rings is 1. The number of nitrogens with one attached hydrogen (secondary N) is 1. The van der Waals surface area contributed by atoms with Gasteiger partial charge in [-0.3, -0.25) is 9.69 Å². The average molecular weight is 437 g/mol. The molecule has 2 fully saturated rings. The molecule has 3 aromatic rings. The normalized spacial score (nSPS) is 20.4. The summed E-state index contributed by atoms with van der Waals surface area (Å²) in [5.74, 6) is 0.730. The monoisotopic (exact) mass is 436 g/mol. The van der Waals surface area contributed by atoms with Crippen molar-refractivity contribution in [2.45, 2.75) is 51.7 Å². The number of benzene rings is 1. The van der Waals surface area contributed by atoms with Crippen LogP contribution in [0.1, 0.15) is 54.7 Å². The van der Waals surface area contributed by atoms with Crippen molar-refractivity contribution in [2.75, 3.05) is 27.2 Å². The molecule has 3 heterocycles. The topological polar surface area (TPSA) is 77.2 Å². The molecule has 0 radical (unpaired) electrons. The lowest BCUT2D eigenvalue weighted by Gasteiger charge is -2.53. The Morgan fingerprint density at radius 1 is 1.25 bits per heavy atom. The maximum atomic E-state index is 11.9. The van der Waals surface area contributed by atoms with E-state index >= 15 is 0 Å². The number of hydrogen-bond donors (Lipinski definition) is 1. The van der Waals surface area contributed by atoms with Crippen LogP contribution in [-0.2, 0) is 13.1 Å². The Kier molecular flexibility index (Phi) is 5.41. The highest BCUT2D eigenvalue weighted by molar-refractivity contribution is 5.91. The Bertz CT molecular complexity index is 1120. The quantitative estimate of drug-likeness (QED) is 0.642. The third-order valence-electron chi connectivity index (χ3n) is 7.67. The Hall–Kier alpha value is -2.87. The predicted molar refractivity (Wildman–Crippen MR) is 123 cm³/mol. The van der Waals surface area contributed by atoms with Crippen LogP contribution in [0.25, 0.3) is 10.9 Å². The van der Waals surface area contributed by atoms with Crippen molar-refractivity contribution in [1.29, 1.82) is 0 Å². The van der Waals surface area contributed by atoms with E-state index < -0.39 is 0 Å². The summed E-state index contributed by atoms with van der Waals surface area (Å²) in [6, 6.07) is 6.72. The van der Waals surface area contributed by atoms with Gasteiger partial charge in [-0.15, -0.1) is 5.10 Å². The minimum absolute atomic E-state index is 0.178. The summed E-state index contributed by atoms with van der Waals surface area (Å²) in [5.41, 5.74) is 3.32. The fraction of sp³-hybridized carbons (Fsp3) is 0.542. The van der Waals surface area contributed by atoms with E-state index in [0.29, 0.717) is 11.7 Å². The first kappa shape index (κ1) is 21.0. The van der Waals surface area contributed by atoms with Crippen molar-refractivity contribution >= 4 is 16.8 Å². The Balaban J connectivity index is 1.28. The molecule has 5 rings (SSSR count). The van der Waals surface area contributed by atoms with Gasteiger partial charge in [-0.05, 0) is 74.9 Å². The highest BCUT2D eigenvalue weighted by Crippen LogP contribution is 2.56. The molecule has 1 aliphatic carbocycles. The summed E-state index contributed by atoms with van der Waals surface area (Å²) >= 11 is 0. The fourth-order valence-corrected chi connectivity index (χ4v) is 5.60. The summed E-state index contributed by atoms with van der Waals surface area (Å²) in [7, 11) is 3.35. The Morgan fingerprint density at radius 2 is 2.06 bits per heavy atom. The molecule has 2 aromatic heterocycles. The minimum Gasteiger partial charge on any atom is -0.497 e. The van der Waals surface area contributed by atoms with Gasteiger partial charge in [0, 0.05) is 37.2 Å². The van der Waals surface area contributed by atoms with E-state index in [1.54, 1.807) is 14.2 Å². The fourth-order valence-electron chi connectivity index (χ4n) is 5.60. The van der Waals surface area contributed by atoms with E-state index in [1.165, 1.54) is 22.9 Å². The molecule has 1 atom stereocenters. The lowest BCUT2D eigenvalue weighted by atomic mass is 9.59. The molecule has 1 saturated heterocycles. The van der Waals surface area contributed by atoms with Crippen LogP contribution in [0.3, 0.4) is 0 Å². The summed E-state index contributed by atoms with van der Waals surface area (Å²) in [5, 5.41) is 12.3. The first-order valence-corrected chi connectivity index (χ1v) is 11.6. The van der Waals surface area contributed by atoms with Gasteiger partial charge in [-0.1, -0.05) is 5.21 Å². The van der Waals surface area contributed by atoms with Gasteiger partial charge in [0.25, 0.3) is 5.91 Å². The van der Waals surface area contributed by atoms with Gasteiger partial charge in [0.15, 0.2) is 5.69 Å². The molecule has 1 unspecified atom stereocenters. The Morgan fingerprint density at radius 3 is 2.72 bits per heavy atom. The number of amides is 1. The van der Waals surface area contributed by atoms with E-state index in [4.69, 9.17) is 4.74 Å². The second-order valence-electron chi connectivity index (χ2n) is 9.18. The summed E-state index contributed by atoms with van der Waals surface area (Å²) in [6.45, 7) is 6.27. The molecule has 1 aliphatic heterocycles. The SMILES string of the molecule is CCn1cc(CN2CCC3(CCC3n3cc(C(=O)NC)nn3)CC2)c2cc(OC)ccc21. The van der Waals surface area contributed by atoms with Crippen molar-refractivity contribution in [3.63, 3.8) is 0 Å². The molecule has 8 nitrogen and oxygen atoms in total. The van der Waals surface area contributed by atoms with Crippen LogP contribution in [0.4, 0.5) is 0 Å². The number of carbonyl (C=O) groups is 1. The first-order valence-electron chi connectivity index (χ1n) is 11.6. The van der Waals surface area contributed by atoms with Gasteiger partial charge in [-0.25, -0.2) is 4.68 Å². The van der Waals surface area contributed by atoms with E-state index in [1.807, 2.05) is 16.9 Å². The molecule has 0 bridgehead atoms. The number of nitrogens with zero attached hydrogens (tertiary/aromatic N) is 5. The molecule has 1 amide bonds. The van der Waals surface area contributed by atoms with Gasteiger partial charge in [0.2, 0.25) is 0 Å². The average Bonchev–Trinajstić information content (AvgIpc) is 3.43. The third-order valence-corrected chi connectivity index (χ3v) is 7.67. The smallest absolute Gasteiger partial charge is 0.273 e. The van der Waals surface area contributed by atoms with Crippen LogP contribution in [0.5, 0.6) is 5.75 Å².